The number of hydrogen-bond acceptors (Lipinski definition) is 2. The Balaban J connectivity index is 0. The Morgan fingerprint density at radius 1 is 1.86 bits per heavy atom. The smallest absolute Gasteiger partial charge is 0.404 e. The van der Waals surface area contributed by atoms with E-state index in [4.69, 9.17) is 0 Å². The monoisotopic (exact) mass is 286 g/mol. The van der Waals surface area contributed by atoms with E-state index in [0.717, 1.165) is 0 Å². The number of primary amides is 1. The average Bonchev–Trinajstić information content (AvgIpc) is 1.35. The number of hydrogen-bond donors (Lipinski definition) is 1. The fourth-order valence-corrected chi connectivity index (χ4v) is 0.142. The maximum Gasteiger partial charge on any atom is 0.404 e. The topological polar surface area (TPSA) is 52.3 Å². The van der Waals surface area contributed by atoms with Crippen LogP contribution in [0.5, 0.6) is 0 Å². The molecule has 0 saturated carbocycles. The van der Waals surface area contributed by atoms with Gasteiger partial charge in [0.1, 0.15) is 0 Å². The van der Waals surface area contributed by atoms with Crippen LogP contribution in [0.3, 0.4) is 0 Å². The van der Waals surface area contributed by atoms with Gasteiger partial charge in [-0.3, -0.25) is 0 Å². The van der Waals surface area contributed by atoms with Gasteiger partial charge in [0.05, 0.1) is 6.61 Å². The predicted molar refractivity (Wildman–Crippen MR) is 21.2 cm³/mol. The van der Waals surface area contributed by atoms with E-state index < -0.39 is 6.09 Å². The van der Waals surface area contributed by atoms with Crippen LogP contribution in [0, 0.1) is 0 Å². The zero-order valence-electron chi connectivity index (χ0n) is 3.90. The molecule has 0 aliphatic heterocycles. The van der Waals surface area contributed by atoms with E-state index in [1.54, 1.807) is 6.92 Å². The molecule has 0 aromatic rings. The van der Waals surface area contributed by atoms with Crippen LogP contribution in [0.4, 0.5) is 4.79 Å². The van der Waals surface area contributed by atoms with Crippen molar-refractivity contribution >= 4 is 6.09 Å². The number of ether oxygens (including phenoxy) is 1. The van der Waals surface area contributed by atoms with Crippen LogP contribution in [-0.4, -0.2) is 12.7 Å². The van der Waals surface area contributed by atoms with Crippen molar-refractivity contribution in [3.63, 3.8) is 0 Å². The van der Waals surface area contributed by atoms with Crippen LogP contribution in [0.1, 0.15) is 6.92 Å². The minimum Gasteiger partial charge on any atom is -0.450 e. The van der Waals surface area contributed by atoms with E-state index in [9.17, 15) is 4.79 Å². The third-order valence-electron chi connectivity index (χ3n) is 0.287. The normalized spacial score (nSPS) is 6.43. The van der Waals surface area contributed by atoms with Gasteiger partial charge >= 0.3 is 6.09 Å². The first-order chi connectivity index (χ1) is 2.77. The number of rotatable bonds is 1. The number of carbonyl (C=O) groups is 1. The van der Waals surface area contributed by atoms with Gasteiger partial charge in [-0.1, -0.05) is 0 Å². The molecule has 7 heavy (non-hydrogen) atoms. The summed E-state index contributed by atoms with van der Waals surface area (Å²) in [5.41, 5.74) is 4.54. The minimum absolute atomic E-state index is 0. The van der Waals surface area contributed by atoms with Crippen molar-refractivity contribution < 1.29 is 31.9 Å². The summed E-state index contributed by atoms with van der Waals surface area (Å²) < 4.78 is 4.18. The molecule has 0 aromatic carbocycles. The third kappa shape index (κ3) is 10.7. The van der Waals surface area contributed by atoms with E-state index in [1.807, 2.05) is 0 Å². The third-order valence-corrected chi connectivity index (χ3v) is 0.287. The molecule has 1 amide bonds. The molecule has 2 N–H and O–H groups in total. The first-order valence-electron chi connectivity index (χ1n) is 1.69. The molecule has 3 nitrogen and oxygen atoms in total. The quantitative estimate of drug-likeness (QED) is 0.695. The molecule has 0 bridgehead atoms. The summed E-state index contributed by atoms with van der Waals surface area (Å²) in [5, 5.41) is 0. The molecule has 1 radical (unpaired) electrons. The van der Waals surface area contributed by atoms with Gasteiger partial charge in [0.15, 0.2) is 0 Å². The van der Waals surface area contributed by atoms with Crippen molar-refractivity contribution in [2.75, 3.05) is 6.61 Å². The van der Waals surface area contributed by atoms with Gasteiger partial charge in [0.25, 0.3) is 0 Å². The maximum absolute atomic E-state index is 9.60. The predicted octanol–water partition coefficient (Wildman–Crippen LogP) is 0.0991. The van der Waals surface area contributed by atoms with E-state index in [2.05, 4.69) is 10.5 Å². The fourth-order valence-electron chi connectivity index (χ4n) is 0.142. The van der Waals surface area contributed by atoms with Crippen LogP contribution >= 0.6 is 0 Å². The zero-order valence-corrected chi connectivity index (χ0v) is 6.07. The van der Waals surface area contributed by atoms with Gasteiger partial charge < -0.3 is 10.5 Å². The van der Waals surface area contributed by atoms with Gasteiger partial charge in [-0.05, 0) is 6.92 Å². The molecule has 47 valence electrons. The first-order valence-corrected chi connectivity index (χ1v) is 1.69. The molecule has 0 heterocycles. The Morgan fingerprint density at radius 3 is 2.29 bits per heavy atom. The summed E-state index contributed by atoms with van der Waals surface area (Å²) in [6, 6.07) is 0. The van der Waals surface area contributed by atoms with Gasteiger partial charge in [-0.2, -0.15) is 0 Å². The second kappa shape index (κ2) is 6.01. The molecule has 0 atom stereocenters. The molecule has 0 unspecified atom stereocenters. The van der Waals surface area contributed by atoms with E-state index in [-0.39, 0.29) is 22.4 Å². The molecular formula is C3H7AuNO2. The molecule has 4 heteroatoms. The van der Waals surface area contributed by atoms with Crippen LogP contribution < -0.4 is 5.73 Å². The summed E-state index contributed by atoms with van der Waals surface area (Å²) in [6.07, 6.45) is -0.711. The summed E-state index contributed by atoms with van der Waals surface area (Å²) in [6.45, 7) is 2.06. The summed E-state index contributed by atoms with van der Waals surface area (Å²) in [5.74, 6) is 0. The van der Waals surface area contributed by atoms with Gasteiger partial charge in [0.2, 0.25) is 0 Å². The fraction of sp³-hybridized carbons (Fsp3) is 0.667. The second-order valence-corrected chi connectivity index (χ2v) is 0.752. The Kier molecular flexibility index (Phi) is 8.66. The Bertz CT molecular complexity index is 56.9. The first kappa shape index (κ1) is 10.1. The van der Waals surface area contributed by atoms with Crippen molar-refractivity contribution in [1.82, 2.24) is 0 Å². The zero-order chi connectivity index (χ0) is 4.99. The maximum atomic E-state index is 9.60. The van der Waals surface area contributed by atoms with Crippen LogP contribution in [0.15, 0.2) is 0 Å². The molecule has 0 aliphatic rings. The van der Waals surface area contributed by atoms with Crippen molar-refractivity contribution in [1.29, 1.82) is 0 Å². The van der Waals surface area contributed by atoms with E-state index >= 15 is 0 Å². The Hall–Kier alpha value is 0.0103. The van der Waals surface area contributed by atoms with Crippen molar-refractivity contribution in [2.24, 2.45) is 5.73 Å². The summed E-state index contributed by atoms with van der Waals surface area (Å²) >= 11 is 0. The van der Waals surface area contributed by atoms with Crippen molar-refractivity contribution in [3.05, 3.63) is 0 Å². The van der Waals surface area contributed by atoms with Gasteiger partial charge in [0, 0.05) is 22.4 Å². The van der Waals surface area contributed by atoms with Crippen LogP contribution in [0.25, 0.3) is 0 Å². The number of carbonyl (C=O) groups excluding carboxylic acids is 1. The summed E-state index contributed by atoms with van der Waals surface area (Å²) in [4.78, 5) is 9.60. The molecule has 0 spiro atoms. The van der Waals surface area contributed by atoms with E-state index in [0.29, 0.717) is 6.61 Å². The molecule has 0 aliphatic carbocycles. The Morgan fingerprint density at radius 2 is 2.29 bits per heavy atom. The summed E-state index contributed by atoms with van der Waals surface area (Å²) in [7, 11) is 0. The average molecular weight is 286 g/mol. The molecule has 0 aromatic heterocycles. The molecule has 0 fully saturated rings. The number of nitrogens with two attached hydrogens (primary N) is 1. The molecule has 0 saturated heterocycles. The van der Waals surface area contributed by atoms with Crippen molar-refractivity contribution in [2.45, 2.75) is 6.92 Å². The van der Waals surface area contributed by atoms with E-state index in [1.165, 1.54) is 0 Å². The molecule has 0 rings (SSSR count). The standard InChI is InChI=1S/C3H7NO2.Au/c1-2-6-3(4)5;/h2H2,1H3,(H2,4,5);. The Labute approximate surface area is 57.7 Å². The largest absolute Gasteiger partial charge is 0.450 e. The van der Waals surface area contributed by atoms with Crippen LogP contribution in [0.2, 0.25) is 0 Å². The van der Waals surface area contributed by atoms with Crippen molar-refractivity contribution in [3.8, 4) is 0 Å². The van der Waals surface area contributed by atoms with Gasteiger partial charge in [-0.25, -0.2) is 4.79 Å². The number of amides is 1. The van der Waals surface area contributed by atoms with Crippen LogP contribution in [-0.2, 0) is 27.1 Å². The SMILES string of the molecule is CCOC(N)=O.[Au]. The minimum atomic E-state index is -0.711. The second-order valence-electron chi connectivity index (χ2n) is 0.752. The van der Waals surface area contributed by atoms with Gasteiger partial charge in [-0.15, -0.1) is 0 Å². The molecular weight excluding hydrogens is 279 g/mol.